The van der Waals surface area contributed by atoms with E-state index in [1.54, 1.807) is 0 Å². The third-order valence-corrected chi connectivity index (χ3v) is 3.95. The van der Waals surface area contributed by atoms with E-state index in [-0.39, 0.29) is 6.42 Å². The van der Waals surface area contributed by atoms with Crippen molar-refractivity contribution in [2.45, 2.75) is 34.1 Å². The van der Waals surface area contributed by atoms with E-state index >= 15 is 0 Å². The number of benzene rings is 2. The Morgan fingerprint density at radius 1 is 0.818 bits per heavy atom. The quantitative estimate of drug-likeness (QED) is 0.875. The molecule has 1 N–H and O–H groups in total. The van der Waals surface area contributed by atoms with Crippen molar-refractivity contribution >= 4 is 17.4 Å². The van der Waals surface area contributed by atoms with E-state index in [1.807, 2.05) is 64.1 Å². The van der Waals surface area contributed by atoms with Gasteiger partial charge in [-0.05, 0) is 55.5 Å². The summed E-state index contributed by atoms with van der Waals surface area (Å²) in [7, 11) is 0. The first-order valence-corrected chi connectivity index (χ1v) is 7.35. The monoisotopic (exact) mass is 295 g/mol. The van der Waals surface area contributed by atoms with Gasteiger partial charge in [0, 0.05) is 12.1 Å². The Hall–Kier alpha value is -2.42. The van der Waals surface area contributed by atoms with Gasteiger partial charge in [-0.1, -0.05) is 36.4 Å². The molecule has 0 saturated carbocycles. The number of carbonyl (C=O) groups is 2. The Balaban J connectivity index is 2.15. The molecule has 2 aromatic rings. The van der Waals surface area contributed by atoms with Crippen molar-refractivity contribution in [1.82, 2.24) is 0 Å². The summed E-state index contributed by atoms with van der Waals surface area (Å²) in [5.74, 6) is -0.972. The van der Waals surface area contributed by atoms with Crippen molar-refractivity contribution in [3.8, 4) is 0 Å². The molecule has 0 fully saturated rings. The fraction of sp³-hybridized carbons (Fsp3) is 0.263. The first-order chi connectivity index (χ1) is 10.4. The Kier molecular flexibility index (Phi) is 4.76. The van der Waals surface area contributed by atoms with E-state index in [9.17, 15) is 9.59 Å². The zero-order valence-electron chi connectivity index (χ0n) is 13.5. The minimum Gasteiger partial charge on any atom is -0.319 e. The van der Waals surface area contributed by atoms with Crippen molar-refractivity contribution in [2.24, 2.45) is 0 Å². The molecule has 22 heavy (non-hydrogen) atoms. The molecule has 0 atom stereocenters. The number of para-hydroxylation sites is 1. The van der Waals surface area contributed by atoms with Gasteiger partial charge in [-0.25, -0.2) is 0 Å². The number of hydrogen-bond donors (Lipinski definition) is 1. The second-order valence-electron chi connectivity index (χ2n) is 5.69. The highest BCUT2D eigenvalue weighted by atomic mass is 16.2. The van der Waals surface area contributed by atoms with E-state index in [0.717, 1.165) is 33.5 Å². The number of rotatable bonds is 4. The van der Waals surface area contributed by atoms with Crippen LogP contribution in [0.15, 0.2) is 36.4 Å². The SMILES string of the molecule is Cc1cccc(C)c1CC(=O)C(=O)Nc1c(C)cccc1C. The predicted molar refractivity (Wildman–Crippen MR) is 89.2 cm³/mol. The second-order valence-corrected chi connectivity index (χ2v) is 5.69. The molecule has 0 bridgehead atoms. The van der Waals surface area contributed by atoms with Crippen LogP contribution in [0, 0.1) is 27.7 Å². The molecule has 0 aliphatic rings. The van der Waals surface area contributed by atoms with Crippen LogP contribution in [0.5, 0.6) is 0 Å². The van der Waals surface area contributed by atoms with Crippen molar-refractivity contribution in [2.75, 3.05) is 5.32 Å². The van der Waals surface area contributed by atoms with Gasteiger partial charge in [0.2, 0.25) is 5.78 Å². The van der Waals surface area contributed by atoms with Crippen LogP contribution in [0.3, 0.4) is 0 Å². The van der Waals surface area contributed by atoms with Crippen LogP contribution < -0.4 is 5.32 Å². The maximum absolute atomic E-state index is 12.2. The van der Waals surface area contributed by atoms with Gasteiger partial charge in [-0.15, -0.1) is 0 Å². The van der Waals surface area contributed by atoms with Crippen LogP contribution in [0.25, 0.3) is 0 Å². The van der Waals surface area contributed by atoms with Gasteiger partial charge in [-0.3, -0.25) is 9.59 Å². The highest BCUT2D eigenvalue weighted by Crippen LogP contribution is 2.20. The zero-order valence-corrected chi connectivity index (χ0v) is 13.5. The smallest absolute Gasteiger partial charge is 0.292 e. The molecule has 3 nitrogen and oxygen atoms in total. The van der Waals surface area contributed by atoms with E-state index < -0.39 is 11.7 Å². The highest BCUT2D eigenvalue weighted by Gasteiger charge is 2.18. The zero-order chi connectivity index (χ0) is 16.3. The Labute approximate surface area is 131 Å². The maximum Gasteiger partial charge on any atom is 0.292 e. The van der Waals surface area contributed by atoms with Crippen LogP contribution >= 0.6 is 0 Å². The van der Waals surface area contributed by atoms with Gasteiger partial charge < -0.3 is 5.32 Å². The number of aryl methyl sites for hydroxylation is 4. The molecule has 2 rings (SSSR count). The summed E-state index contributed by atoms with van der Waals surface area (Å²) in [5.41, 5.74) is 5.63. The fourth-order valence-electron chi connectivity index (χ4n) is 2.56. The Bertz CT molecular complexity index is 628. The number of nitrogens with one attached hydrogen (secondary N) is 1. The van der Waals surface area contributed by atoms with Crippen LogP contribution in [-0.2, 0) is 16.0 Å². The Morgan fingerprint density at radius 3 is 1.77 bits per heavy atom. The summed E-state index contributed by atoms with van der Waals surface area (Å²) in [6.45, 7) is 7.75. The van der Waals surface area contributed by atoms with E-state index in [0.29, 0.717) is 0 Å². The number of amides is 1. The summed E-state index contributed by atoms with van der Waals surface area (Å²) < 4.78 is 0. The lowest BCUT2D eigenvalue weighted by Gasteiger charge is -2.12. The Morgan fingerprint density at radius 2 is 1.27 bits per heavy atom. The van der Waals surface area contributed by atoms with Crippen LogP contribution in [0.1, 0.15) is 27.8 Å². The topological polar surface area (TPSA) is 46.2 Å². The lowest BCUT2D eigenvalue weighted by atomic mass is 9.98. The molecule has 0 radical (unpaired) electrons. The fourth-order valence-corrected chi connectivity index (χ4v) is 2.56. The van der Waals surface area contributed by atoms with E-state index in [1.165, 1.54) is 0 Å². The highest BCUT2D eigenvalue weighted by molar-refractivity contribution is 6.41. The van der Waals surface area contributed by atoms with Gasteiger partial charge in [0.25, 0.3) is 5.91 Å². The van der Waals surface area contributed by atoms with Gasteiger partial charge in [0.05, 0.1) is 0 Å². The molecule has 0 aliphatic heterocycles. The molecule has 0 spiro atoms. The second kappa shape index (κ2) is 6.56. The minimum absolute atomic E-state index is 0.134. The molecule has 0 unspecified atom stereocenters. The summed E-state index contributed by atoms with van der Waals surface area (Å²) in [4.78, 5) is 24.4. The first-order valence-electron chi connectivity index (χ1n) is 7.35. The van der Waals surface area contributed by atoms with Crippen LogP contribution in [0.2, 0.25) is 0 Å². The molecule has 0 saturated heterocycles. The molecule has 0 heterocycles. The van der Waals surface area contributed by atoms with Crippen LogP contribution in [0.4, 0.5) is 5.69 Å². The van der Waals surface area contributed by atoms with Gasteiger partial charge >= 0.3 is 0 Å². The van der Waals surface area contributed by atoms with Gasteiger partial charge in [-0.2, -0.15) is 0 Å². The number of Topliss-reactive ketones (excluding diaryl/α,β-unsaturated/α-hetero) is 1. The molecule has 114 valence electrons. The molecule has 0 aromatic heterocycles. The number of ketones is 1. The molecular formula is C19H21NO2. The largest absolute Gasteiger partial charge is 0.319 e. The van der Waals surface area contributed by atoms with Crippen molar-refractivity contribution in [3.05, 3.63) is 64.2 Å². The third-order valence-electron chi connectivity index (χ3n) is 3.95. The standard InChI is InChI=1S/C19H21NO2/c1-12-7-5-8-13(2)16(12)11-17(21)19(22)20-18-14(3)9-6-10-15(18)4/h5-10H,11H2,1-4H3,(H,20,22). The lowest BCUT2D eigenvalue weighted by Crippen LogP contribution is -2.25. The molecule has 0 aliphatic carbocycles. The molecule has 2 aromatic carbocycles. The van der Waals surface area contributed by atoms with Crippen molar-refractivity contribution in [3.63, 3.8) is 0 Å². The van der Waals surface area contributed by atoms with Crippen molar-refractivity contribution in [1.29, 1.82) is 0 Å². The summed E-state index contributed by atoms with van der Waals surface area (Å²) in [6, 6.07) is 11.6. The third kappa shape index (κ3) is 3.42. The summed E-state index contributed by atoms with van der Waals surface area (Å²) in [5, 5.41) is 2.75. The average Bonchev–Trinajstić information content (AvgIpc) is 2.46. The van der Waals surface area contributed by atoms with Gasteiger partial charge in [0.15, 0.2) is 0 Å². The average molecular weight is 295 g/mol. The molecule has 1 amide bonds. The van der Waals surface area contributed by atoms with E-state index in [2.05, 4.69) is 5.32 Å². The number of anilines is 1. The van der Waals surface area contributed by atoms with Gasteiger partial charge in [0.1, 0.15) is 0 Å². The maximum atomic E-state index is 12.2. The normalized spacial score (nSPS) is 10.4. The number of hydrogen-bond acceptors (Lipinski definition) is 2. The van der Waals surface area contributed by atoms with Crippen LogP contribution in [-0.4, -0.2) is 11.7 Å². The predicted octanol–water partition coefficient (Wildman–Crippen LogP) is 3.67. The summed E-state index contributed by atoms with van der Waals surface area (Å²) >= 11 is 0. The number of carbonyl (C=O) groups excluding carboxylic acids is 2. The summed E-state index contributed by atoms with van der Waals surface area (Å²) in [6.07, 6.45) is 0.134. The lowest BCUT2D eigenvalue weighted by molar-refractivity contribution is -0.134. The van der Waals surface area contributed by atoms with Crippen molar-refractivity contribution < 1.29 is 9.59 Å². The molecule has 3 heteroatoms. The van der Waals surface area contributed by atoms with E-state index in [4.69, 9.17) is 0 Å². The first kappa shape index (κ1) is 16.0. The minimum atomic E-state index is -0.556. The molecular weight excluding hydrogens is 274 g/mol.